The van der Waals surface area contributed by atoms with Crippen LogP contribution in [0, 0.1) is 0 Å². The summed E-state index contributed by atoms with van der Waals surface area (Å²) in [5.74, 6) is 0.791. The number of carbonyl (C=O) groups excluding carboxylic acids is 1. The van der Waals surface area contributed by atoms with Crippen LogP contribution in [-0.4, -0.2) is 35.4 Å². The van der Waals surface area contributed by atoms with Crippen molar-refractivity contribution in [3.8, 4) is 0 Å². The monoisotopic (exact) mass is 285 g/mol. The lowest BCUT2D eigenvalue weighted by Gasteiger charge is -2.24. The summed E-state index contributed by atoms with van der Waals surface area (Å²) >= 11 is 0. The first-order valence-electron chi connectivity index (χ1n) is 7.49. The summed E-state index contributed by atoms with van der Waals surface area (Å²) in [4.78, 5) is 19.1. The summed E-state index contributed by atoms with van der Waals surface area (Å²) < 4.78 is 0. The van der Waals surface area contributed by atoms with Crippen LogP contribution in [0.15, 0.2) is 30.3 Å². The van der Waals surface area contributed by atoms with Gasteiger partial charge in [-0.05, 0) is 32.4 Å². The van der Waals surface area contributed by atoms with Gasteiger partial charge in [0.05, 0.1) is 11.1 Å². The number of pyridine rings is 1. The van der Waals surface area contributed by atoms with Crippen molar-refractivity contribution in [1.82, 2.24) is 9.88 Å². The van der Waals surface area contributed by atoms with E-state index in [4.69, 9.17) is 0 Å². The molecule has 0 bridgehead atoms. The van der Waals surface area contributed by atoms with Gasteiger partial charge in [0.25, 0.3) is 5.91 Å². The Morgan fingerprint density at radius 3 is 2.71 bits per heavy atom. The Bertz CT molecular complexity index is 639. The molecule has 0 fully saturated rings. The Morgan fingerprint density at radius 1 is 1.33 bits per heavy atom. The molecule has 112 valence electrons. The van der Waals surface area contributed by atoms with Gasteiger partial charge in [-0.15, -0.1) is 0 Å². The Labute approximate surface area is 126 Å². The number of carbonyl (C=O) groups is 1. The SMILES string of the molecule is CCNc1cc(C(=O)N(C)C(C)CC)c2ccccc2n1. The number of amides is 1. The van der Waals surface area contributed by atoms with Crippen LogP contribution in [-0.2, 0) is 0 Å². The van der Waals surface area contributed by atoms with Crippen LogP contribution in [0.2, 0.25) is 0 Å². The molecular formula is C17H23N3O. The van der Waals surface area contributed by atoms with Crippen molar-refractivity contribution in [3.05, 3.63) is 35.9 Å². The number of hydrogen-bond acceptors (Lipinski definition) is 3. The van der Waals surface area contributed by atoms with Crippen LogP contribution in [0.25, 0.3) is 10.9 Å². The zero-order valence-corrected chi connectivity index (χ0v) is 13.2. The molecule has 0 radical (unpaired) electrons. The van der Waals surface area contributed by atoms with Crippen LogP contribution >= 0.6 is 0 Å². The highest BCUT2D eigenvalue weighted by Gasteiger charge is 2.19. The second-order valence-corrected chi connectivity index (χ2v) is 5.28. The molecule has 4 heteroatoms. The molecule has 0 saturated carbocycles. The van der Waals surface area contributed by atoms with E-state index in [2.05, 4.69) is 24.1 Å². The Morgan fingerprint density at radius 2 is 2.05 bits per heavy atom. The second-order valence-electron chi connectivity index (χ2n) is 5.28. The summed E-state index contributed by atoms with van der Waals surface area (Å²) in [6.07, 6.45) is 0.936. The first-order valence-corrected chi connectivity index (χ1v) is 7.49. The van der Waals surface area contributed by atoms with Crippen LogP contribution in [0.5, 0.6) is 0 Å². The molecule has 0 aliphatic heterocycles. The van der Waals surface area contributed by atoms with E-state index < -0.39 is 0 Å². The molecule has 1 unspecified atom stereocenters. The van der Waals surface area contributed by atoms with Gasteiger partial charge >= 0.3 is 0 Å². The summed E-state index contributed by atoms with van der Waals surface area (Å²) in [7, 11) is 1.86. The average Bonchev–Trinajstić information content (AvgIpc) is 2.52. The van der Waals surface area contributed by atoms with E-state index in [1.165, 1.54) is 0 Å². The van der Waals surface area contributed by atoms with Gasteiger partial charge in [-0.1, -0.05) is 25.1 Å². The fraction of sp³-hybridized carbons (Fsp3) is 0.412. The minimum absolute atomic E-state index is 0.0436. The van der Waals surface area contributed by atoms with Crippen molar-refractivity contribution in [2.24, 2.45) is 0 Å². The van der Waals surface area contributed by atoms with Gasteiger partial charge in [0.15, 0.2) is 0 Å². The molecule has 2 aromatic rings. The van der Waals surface area contributed by atoms with Gasteiger partial charge in [-0.2, -0.15) is 0 Å². The number of rotatable bonds is 5. The molecule has 4 nitrogen and oxygen atoms in total. The largest absolute Gasteiger partial charge is 0.370 e. The maximum Gasteiger partial charge on any atom is 0.254 e. The fourth-order valence-electron chi connectivity index (χ4n) is 2.29. The number of anilines is 1. The van der Waals surface area contributed by atoms with E-state index in [1.54, 1.807) is 4.90 Å². The molecule has 0 aliphatic rings. The van der Waals surface area contributed by atoms with Gasteiger partial charge in [0, 0.05) is 25.0 Å². The number of nitrogens with one attached hydrogen (secondary N) is 1. The highest BCUT2D eigenvalue weighted by atomic mass is 16.2. The van der Waals surface area contributed by atoms with Crippen molar-refractivity contribution in [3.63, 3.8) is 0 Å². The number of fused-ring (bicyclic) bond motifs is 1. The van der Waals surface area contributed by atoms with Gasteiger partial charge in [0.1, 0.15) is 5.82 Å². The molecular weight excluding hydrogens is 262 g/mol. The summed E-state index contributed by atoms with van der Waals surface area (Å²) in [6, 6.07) is 9.85. The molecule has 0 spiro atoms. The number of hydrogen-bond donors (Lipinski definition) is 1. The quantitative estimate of drug-likeness (QED) is 0.914. The lowest BCUT2D eigenvalue weighted by molar-refractivity contribution is 0.0742. The van der Waals surface area contributed by atoms with Gasteiger partial charge in [-0.3, -0.25) is 4.79 Å². The minimum atomic E-state index is 0.0436. The predicted octanol–water partition coefficient (Wildman–Crippen LogP) is 3.54. The van der Waals surface area contributed by atoms with Crippen LogP contribution in [0.1, 0.15) is 37.6 Å². The number of nitrogens with zero attached hydrogens (tertiary/aromatic N) is 2. The van der Waals surface area contributed by atoms with E-state index in [0.717, 1.165) is 29.7 Å². The Kier molecular flexibility index (Phi) is 4.78. The Balaban J connectivity index is 2.52. The third kappa shape index (κ3) is 3.15. The van der Waals surface area contributed by atoms with E-state index >= 15 is 0 Å². The van der Waals surface area contributed by atoms with E-state index in [-0.39, 0.29) is 11.9 Å². The van der Waals surface area contributed by atoms with E-state index in [0.29, 0.717) is 5.56 Å². The smallest absolute Gasteiger partial charge is 0.254 e. The van der Waals surface area contributed by atoms with E-state index in [9.17, 15) is 4.79 Å². The van der Waals surface area contributed by atoms with Crippen molar-refractivity contribution < 1.29 is 4.79 Å². The number of para-hydroxylation sites is 1. The highest BCUT2D eigenvalue weighted by molar-refractivity contribution is 6.07. The molecule has 2 rings (SSSR count). The average molecular weight is 285 g/mol. The van der Waals surface area contributed by atoms with Crippen LogP contribution in [0.3, 0.4) is 0 Å². The molecule has 1 amide bonds. The normalized spacial score (nSPS) is 12.2. The minimum Gasteiger partial charge on any atom is -0.370 e. The molecule has 1 aromatic carbocycles. The lowest BCUT2D eigenvalue weighted by Crippen LogP contribution is -2.34. The first kappa shape index (κ1) is 15.3. The summed E-state index contributed by atoms with van der Waals surface area (Å²) in [6.45, 7) is 6.94. The zero-order chi connectivity index (χ0) is 15.4. The summed E-state index contributed by atoms with van der Waals surface area (Å²) in [5, 5.41) is 4.10. The fourth-order valence-corrected chi connectivity index (χ4v) is 2.29. The van der Waals surface area contributed by atoms with Crippen molar-refractivity contribution >= 4 is 22.6 Å². The van der Waals surface area contributed by atoms with Crippen molar-refractivity contribution in [1.29, 1.82) is 0 Å². The molecule has 1 aromatic heterocycles. The second kappa shape index (κ2) is 6.57. The van der Waals surface area contributed by atoms with Crippen molar-refractivity contribution in [2.75, 3.05) is 18.9 Å². The first-order chi connectivity index (χ1) is 10.1. The molecule has 0 aliphatic carbocycles. The lowest BCUT2D eigenvalue weighted by atomic mass is 10.1. The van der Waals surface area contributed by atoms with E-state index in [1.807, 2.05) is 44.3 Å². The third-order valence-corrected chi connectivity index (χ3v) is 3.88. The van der Waals surface area contributed by atoms with Gasteiger partial charge in [0.2, 0.25) is 0 Å². The molecule has 1 N–H and O–H groups in total. The molecule has 0 saturated heterocycles. The highest BCUT2D eigenvalue weighted by Crippen LogP contribution is 2.22. The van der Waals surface area contributed by atoms with Crippen LogP contribution < -0.4 is 5.32 Å². The van der Waals surface area contributed by atoms with Gasteiger partial charge in [-0.25, -0.2) is 4.98 Å². The van der Waals surface area contributed by atoms with Crippen molar-refractivity contribution in [2.45, 2.75) is 33.2 Å². The Hall–Kier alpha value is -2.10. The number of benzene rings is 1. The molecule has 21 heavy (non-hydrogen) atoms. The molecule has 1 atom stereocenters. The topological polar surface area (TPSA) is 45.2 Å². The standard InChI is InChI=1S/C17H23N3O/c1-5-12(3)20(4)17(21)14-11-16(18-6-2)19-15-10-8-7-9-13(14)15/h7-12H,5-6H2,1-4H3,(H,18,19). The molecule has 1 heterocycles. The predicted molar refractivity (Wildman–Crippen MR) is 87.8 cm³/mol. The maximum atomic E-state index is 12.8. The summed E-state index contributed by atoms with van der Waals surface area (Å²) in [5.41, 5.74) is 1.55. The van der Waals surface area contributed by atoms with Gasteiger partial charge < -0.3 is 10.2 Å². The number of aromatic nitrogens is 1. The zero-order valence-electron chi connectivity index (χ0n) is 13.2. The maximum absolute atomic E-state index is 12.8. The van der Waals surface area contributed by atoms with Crippen LogP contribution in [0.4, 0.5) is 5.82 Å². The third-order valence-electron chi connectivity index (χ3n) is 3.88.